The van der Waals surface area contributed by atoms with Crippen molar-refractivity contribution >= 4 is 11.0 Å². The number of fused-ring (bicyclic) bond motifs is 1. The Kier molecular flexibility index (Phi) is 6.66. The van der Waals surface area contributed by atoms with E-state index < -0.39 is 5.63 Å². The van der Waals surface area contributed by atoms with Gasteiger partial charge in [0.05, 0.1) is 17.0 Å². The van der Waals surface area contributed by atoms with Crippen LogP contribution >= 0.6 is 0 Å². The van der Waals surface area contributed by atoms with Gasteiger partial charge in [0.25, 0.3) is 0 Å². The molecule has 0 saturated heterocycles. The highest BCUT2D eigenvalue weighted by Gasteiger charge is 2.12. The highest BCUT2D eigenvalue weighted by atomic mass is 16.4. The predicted octanol–water partition coefficient (Wildman–Crippen LogP) is 3.08. The first-order valence-electron chi connectivity index (χ1n) is 10.2. The summed E-state index contributed by atoms with van der Waals surface area (Å²) in [7, 11) is 0. The Morgan fingerprint density at radius 2 is 1.58 bits per heavy atom. The Bertz CT molecular complexity index is 1140. The third kappa shape index (κ3) is 5.53. The fourth-order valence-electron chi connectivity index (χ4n) is 3.46. The van der Waals surface area contributed by atoms with Crippen LogP contribution in [-0.2, 0) is 19.6 Å². The summed E-state index contributed by atoms with van der Waals surface area (Å²) < 4.78 is 5.33. The van der Waals surface area contributed by atoms with E-state index in [2.05, 4.69) is 20.2 Å². The molecule has 2 N–H and O–H groups in total. The van der Waals surface area contributed by atoms with Crippen LogP contribution in [0.2, 0.25) is 0 Å². The van der Waals surface area contributed by atoms with Crippen molar-refractivity contribution in [1.82, 2.24) is 20.2 Å². The fourth-order valence-corrected chi connectivity index (χ4v) is 3.46. The second-order valence-corrected chi connectivity index (χ2v) is 7.27. The fraction of sp³-hybridized carbons (Fsp3) is 0.208. The lowest BCUT2D eigenvalue weighted by Gasteiger charge is -2.22. The van der Waals surface area contributed by atoms with Gasteiger partial charge in [-0.1, -0.05) is 12.1 Å². The number of pyridine rings is 2. The molecule has 0 fully saturated rings. The van der Waals surface area contributed by atoms with Gasteiger partial charge in [-0.2, -0.15) is 0 Å². The van der Waals surface area contributed by atoms with Gasteiger partial charge >= 0.3 is 5.63 Å². The molecule has 0 spiro atoms. The van der Waals surface area contributed by atoms with Gasteiger partial charge in [-0.3, -0.25) is 14.9 Å². The van der Waals surface area contributed by atoms with Crippen molar-refractivity contribution in [2.24, 2.45) is 0 Å². The first-order chi connectivity index (χ1) is 15.2. The lowest BCUT2D eigenvalue weighted by atomic mass is 10.1. The van der Waals surface area contributed by atoms with Crippen LogP contribution in [0.15, 0.2) is 82.3 Å². The van der Waals surface area contributed by atoms with Gasteiger partial charge < -0.3 is 14.8 Å². The number of phenolic OH excluding ortho intramolecular Hbond substituents is 1. The van der Waals surface area contributed by atoms with E-state index in [9.17, 15) is 9.90 Å². The summed E-state index contributed by atoms with van der Waals surface area (Å²) in [5.74, 6) is 0.105. The Morgan fingerprint density at radius 1 is 0.903 bits per heavy atom. The second kappa shape index (κ2) is 9.97. The number of phenols is 1. The van der Waals surface area contributed by atoms with E-state index in [1.54, 1.807) is 30.6 Å². The molecule has 4 aromatic rings. The van der Waals surface area contributed by atoms with Crippen LogP contribution in [0.4, 0.5) is 0 Å². The number of rotatable bonds is 9. The maximum atomic E-state index is 11.6. The number of hydrogen-bond acceptors (Lipinski definition) is 7. The normalized spacial score (nSPS) is 11.3. The van der Waals surface area contributed by atoms with Crippen molar-refractivity contribution in [2.75, 3.05) is 13.1 Å². The van der Waals surface area contributed by atoms with E-state index in [1.807, 2.05) is 36.4 Å². The molecule has 0 atom stereocenters. The Morgan fingerprint density at radius 3 is 2.23 bits per heavy atom. The topological polar surface area (TPSA) is 91.5 Å². The minimum absolute atomic E-state index is 0.105. The maximum absolute atomic E-state index is 11.6. The summed E-state index contributed by atoms with van der Waals surface area (Å²) >= 11 is 0. The zero-order valence-electron chi connectivity index (χ0n) is 17.1. The van der Waals surface area contributed by atoms with Crippen LogP contribution in [0.5, 0.6) is 5.75 Å². The number of hydrogen-bond donors (Lipinski definition) is 2. The zero-order chi connectivity index (χ0) is 21.5. The van der Waals surface area contributed by atoms with Gasteiger partial charge in [0.1, 0.15) is 11.3 Å². The van der Waals surface area contributed by atoms with Crippen molar-refractivity contribution in [3.63, 3.8) is 0 Å². The molecular formula is C24H24N4O3. The summed E-state index contributed by atoms with van der Waals surface area (Å²) in [5, 5.41) is 14.4. The molecule has 7 nitrogen and oxygen atoms in total. The minimum Gasteiger partial charge on any atom is -0.507 e. The summed E-state index contributed by atoms with van der Waals surface area (Å²) in [5.41, 5.74) is 2.55. The maximum Gasteiger partial charge on any atom is 0.336 e. The van der Waals surface area contributed by atoms with Crippen molar-refractivity contribution in [3.8, 4) is 5.75 Å². The monoisotopic (exact) mass is 416 g/mol. The molecule has 158 valence electrons. The van der Waals surface area contributed by atoms with Crippen molar-refractivity contribution in [3.05, 3.63) is 100 Å². The molecule has 3 heterocycles. The van der Waals surface area contributed by atoms with Gasteiger partial charge in [-0.15, -0.1) is 0 Å². The zero-order valence-corrected chi connectivity index (χ0v) is 17.1. The molecule has 0 aliphatic rings. The molecule has 0 bridgehead atoms. The van der Waals surface area contributed by atoms with Crippen molar-refractivity contribution in [2.45, 2.75) is 19.6 Å². The van der Waals surface area contributed by atoms with E-state index in [0.717, 1.165) is 23.3 Å². The highest BCUT2D eigenvalue weighted by Crippen LogP contribution is 2.25. The molecule has 0 saturated carbocycles. The van der Waals surface area contributed by atoms with Crippen LogP contribution in [0.3, 0.4) is 0 Å². The van der Waals surface area contributed by atoms with Crippen LogP contribution in [-0.4, -0.2) is 33.1 Å². The molecule has 7 heteroatoms. The van der Waals surface area contributed by atoms with Crippen molar-refractivity contribution in [1.29, 1.82) is 0 Å². The third-order valence-corrected chi connectivity index (χ3v) is 5.00. The molecule has 3 aromatic heterocycles. The Labute approximate surface area is 180 Å². The average molecular weight is 416 g/mol. The molecule has 0 radical (unpaired) electrons. The minimum atomic E-state index is -0.434. The summed E-state index contributed by atoms with van der Waals surface area (Å²) in [6.07, 6.45) is 3.59. The summed E-state index contributed by atoms with van der Waals surface area (Å²) in [6.45, 7) is 3.22. The lowest BCUT2D eigenvalue weighted by Crippen LogP contribution is -2.32. The summed E-state index contributed by atoms with van der Waals surface area (Å²) in [6, 6.07) is 18.2. The SMILES string of the molecule is O=c1ccc2ccc(O)c(CNCCN(Cc3ccccn3)Cc3ccccn3)c2o1. The third-order valence-electron chi connectivity index (χ3n) is 5.00. The molecule has 0 unspecified atom stereocenters. The summed E-state index contributed by atoms with van der Waals surface area (Å²) in [4.78, 5) is 22.8. The predicted molar refractivity (Wildman–Crippen MR) is 118 cm³/mol. The Hall–Kier alpha value is -3.55. The van der Waals surface area contributed by atoms with Crippen LogP contribution in [0, 0.1) is 0 Å². The molecule has 1 aromatic carbocycles. The van der Waals surface area contributed by atoms with Crippen molar-refractivity contribution < 1.29 is 9.52 Å². The molecule has 31 heavy (non-hydrogen) atoms. The van der Waals surface area contributed by atoms with Gasteiger partial charge in [-0.25, -0.2) is 4.79 Å². The first kappa shape index (κ1) is 20.7. The van der Waals surface area contributed by atoms with Crippen LogP contribution in [0.1, 0.15) is 17.0 Å². The van der Waals surface area contributed by atoms with Crippen LogP contribution < -0.4 is 10.9 Å². The lowest BCUT2D eigenvalue weighted by molar-refractivity contribution is 0.250. The van der Waals surface area contributed by atoms with E-state index in [-0.39, 0.29) is 5.75 Å². The Balaban J connectivity index is 1.42. The number of nitrogens with one attached hydrogen (secondary N) is 1. The number of aromatic hydroxyl groups is 1. The number of aromatic nitrogens is 2. The quantitative estimate of drug-likeness (QED) is 0.320. The van der Waals surface area contributed by atoms with Gasteiger partial charge in [0.15, 0.2) is 0 Å². The van der Waals surface area contributed by atoms with E-state index in [0.29, 0.717) is 37.3 Å². The average Bonchev–Trinajstić information content (AvgIpc) is 2.79. The van der Waals surface area contributed by atoms with Gasteiger partial charge in [0, 0.05) is 56.6 Å². The largest absolute Gasteiger partial charge is 0.507 e. The van der Waals surface area contributed by atoms with E-state index in [1.165, 1.54) is 6.07 Å². The van der Waals surface area contributed by atoms with Gasteiger partial charge in [-0.05, 0) is 42.5 Å². The van der Waals surface area contributed by atoms with Crippen LogP contribution in [0.25, 0.3) is 11.0 Å². The molecule has 0 aliphatic carbocycles. The molecule has 0 amide bonds. The molecule has 4 rings (SSSR count). The van der Waals surface area contributed by atoms with E-state index in [4.69, 9.17) is 4.42 Å². The smallest absolute Gasteiger partial charge is 0.336 e. The standard InChI is InChI=1S/C24H24N4O3/c29-22-9-7-18-8-10-23(30)31-24(18)21(22)15-25-13-14-28(16-19-5-1-3-11-26-19)17-20-6-2-4-12-27-20/h1-12,25,29H,13-17H2. The van der Waals surface area contributed by atoms with E-state index >= 15 is 0 Å². The van der Waals surface area contributed by atoms with Gasteiger partial charge in [0.2, 0.25) is 0 Å². The number of nitrogens with zero attached hydrogens (tertiary/aromatic N) is 3. The molecule has 0 aliphatic heterocycles. The molecular weight excluding hydrogens is 392 g/mol. The number of benzene rings is 1. The highest BCUT2D eigenvalue weighted by molar-refractivity contribution is 5.81. The first-order valence-corrected chi connectivity index (χ1v) is 10.2. The second-order valence-electron chi connectivity index (χ2n) is 7.27.